The van der Waals surface area contributed by atoms with Crippen molar-refractivity contribution in [3.05, 3.63) is 27.7 Å². The molecule has 1 unspecified atom stereocenters. The van der Waals surface area contributed by atoms with Gasteiger partial charge in [0, 0.05) is 11.1 Å². The monoisotopic (exact) mass is 312 g/mol. The summed E-state index contributed by atoms with van der Waals surface area (Å²) < 4.78 is 0. The number of halogens is 2. The first kappa shape index (κ1) is 13.7. The summed E-state index contributed by atoms with van der Waals surface area (Å²) >= 11 is 12.2. The predicted molar refractivity (Wildman–Crippen MR) is 78.1 cm³/mol. The Morgan fingerprint density at radius 1 is 1.20 bits per heavy atom. The van der Waals surface area contributed by atoms with Gasteiger partial charge in [-0.05, 0) is 37.5 Å². The van der Waals surface area contributed by atoms with Crippen LogP contribution in [0, 0.1) is 6.92 Å². The number of aryl methyl sites for hydroxylation is 1. The minimum absolute atomic E-state index is 0.107. The van der Waals surface area contributed by atoms with Gasteiger partial charge in [0.05, 0.1) is 17.1 Å². The van der Waals surface area contributed by atoms with E-state index in [9.17, 15) is 9.59 Å². The highest BCUT2D eigenvalue weighted by Crippen LogP contribution is 2.34. The lowest BCUT2D eigenvalue weighted by Gasteiger charge is -2.16. The molecule has 1 aliphatic heterocycles. The van der Waals surface area contributed by atoms with E-state index in [1.165, 1.54) is 4.90 Å². The van der Waals surface area contributed by atoms with E-state index < -0.39 is 6.04 Å². The number of anilines is 1. The minimum Gasteiger partial charge on any atom is -0.372 e. The van der Waals surface area contributed by atoms with E-state index in [2.05, 4.69) is 5.32 Å². The van der Waals surface area contributed by atoms with Gasteiger partial charge >= 0.3 is 0 Å². The highest BCUT2D eigenvalue weighted by molar-refractivity contribution is 6.35. The van der Waals surface area contributed by atoms with E-state index in [0.717, 1.165) is 18.4 Å². The molecular weight excluding hydrogens is 299 g/mol. The van der Waals surface area contributed by atoms with Crippen LogP contribution in [0.3, 0.4) is 0 Å². The van der Waals surface area contributed by atoms with Crippen LogP contribution in [0.4, 0.5) is 5.69 Å². The zero-order valence-electron chi connectivity index (χ0n) is 11.0. The zero-order chi connectivity index (χ0) is 14.4. The van der Waals surface area contributed by atoms with E-state index >= 15 is 0 Å². The van der Waals surface area contributed by atoms with Crippen molar-refractivity contribution in [1.29, 1.82) is 0 Å². The van der Waals surface area contributed by atoms with Gasteiger partial charge in [0.15, 0.2) is 0 Å². The molecule has 106 valence electrons. The number of carbonyl (C=O) groups excluding carboxylic acids is 2. The number of nitrogens with zero attached hydrogens (tertiary/aromatic N) is 1. The number of hydrogen-bond donors (Lipinski definition) is 1. The molecule has 1 atom stereocenters. The first-order chi connectivity index (χ1) is 9.47. The van der Waals surface area contributed by atoms with Crippen LogP contribution >= 0.6 is 23.2 Å². The molecule has 1 heterocycles. The summed E-state index contributed by atoms with van der Waals surface area (Å²) in [7, 11) is 0. The third kappa shape index (κ3) is 2.38. The van der Waals surface area contributed by atoms with Crippen LogP contribution in [0.25, 0.3) is 0 Å². The summed E-state index contributed by atoms with van der Waals surface area (Å²) in [5.74, 6) is -0.269. The van der Waals surface area contributed by atoms with Crippen molar-refractivity contribution in [1.82, 2.24) is 4.90 Å². The molecular formula is C14H14Cl2N2O2. The maximum Gasteiger partial charge on any atom is 0.252 e. The Labute approximate surface area is 127 Å². The lowest BCUT2D eigenvalue weighted by atomic mass is 10.2. The second-order valence-corrected chi connectivity index (χ2v) is 6.13. The van der Waals surface area contributed by atoms with Crippen molar-refractivity contribution in [2.45, 2.75) is 38.3 Å². The normalized spacial score (nSPS) is 22.6. The average Bonchev–Trinajstić information content (AvgIpc) is 3.15. The zero-order valence-corrected chi connectivity index (χ0v) is 12.5. The van der Waals surface area contributed by atoms with Gasteiger partial charge in [-0.25, -0.2) is 0 Å². The van der Waals surface area contributed by atoms with Gasteiger partial charge in [-0.3, -0.25) is 14.5 Å². The molecule has 2 aliphatic rings. The fraction of sp³-hybridized carbons (Fsp3) is 0.429. The van der Waals surface area contributed by atoms with Gasteiger partial charge in [-0.15, -0.1) is 0 Å². The molecule has 2 amide bonds. The first-order valence-electron chi connectivity index (χ1n) is 6.55. The lowest BCUT2D eigenvalue weighted by Crippen LogP contribution is -2.36. The van der Waals surface area contributed by atoms with Crippen molar-refractivity contribution in [3.63, 3.8) is 0 Å². The SMILES string of the molecule is Cc1cc(Cl)c(NC2CC(=O)N(C3CC3)C2=O)cc1Cl. The Balaban J connectivity index is 1.80. The van der Waals surface area contributed by atoms with E-state index in [1.54, 1.807) is 12.1 Å². The molecule has 0 radical (unpaired) electrons. The molecule has 4 nitrogen and oxygen atoms in total. The van der Waals surface area contributed by atoms with Crippen LogP contribution in [0.2, 0.25) is 10.0 Å². The molecule has 2 fully saturated rings. The number of rotatable bonds is 3. The van der Waals surface area contributed by atoms with Gasteiger partial charge < -0.3 is 5.32 Å². The molecule has 1 aromatic carbocycles. The fourth-order valence-electron chi connectivity index (χ4n) is 2.42. The van der Waals surface area contributed by atoms with Crippen LogP contribution in [-0.4, -0.2) is 28.8 Å². The maximum atomic E-state index is 12.2. The van der Waals surface area contributed by atoms with Gasteiger partial charge in [-0.1, -0.05) is 23.2 Å². The summed E-state index contributed by atoms with van der Waals surface area (Å²) in [6.45, 7) is 1.86. The Bertz CT molecular complexity index is 599. The van der Waals surface area contributed by atoms with Crippen molar-refractivity contribution >= 4 is 40.7 Å². The van der Waals surface area contributed by atoms with Gasteiger partial charge in [0.1, 0.15) is 6.04 Å². The molecule has 3 rings (SSSR count). The fourth-order valence-corrected chi connectivity index (χ4v) is 2.86. The van der Waals surface area contributed by atoms with E-state index in [0.29, 0.717) is 15.7 Å². The lowest BCUT2D eigenvalue weighted by molar-refractivity contribution is -0.139. The van der Waals surface area contributed by atoms with Gasteiger partial charge in [0.2, 0.25) is 5.91 Å². The molecule has 1 N–H and O–H groups in total. The highest BCUT2D eigenvalue weighted by Gasteiger charge is 2.46. The summed E-state index contributed by atoms with van der Waals surface area (Å²) in [4.78, 5) is 25.5. The van der Waals surface area contributed by atoms with E-state index in [4.69, 9.17) is 23.2 Å². The molecule has 1 aliphatic carbocycles. The predicted octanol–water partition coefficient (Wildman–Crippen LogP) is 3.00. The molecule has 6 heteroatoms. The number of benzene rings is 1. The quantitative estimate of drug-likeness (QED) is 0.873. The standard InChI is InChI=1S/C14H14Cl2N2O2/c1-7-4-10(16)11(5-9(7)15)17-12-6-13(19)18(14(12)20)8-2-3-8/h4-5,8,12,17H,2-3,6H2,1H3. The van der Waals surface area contributed by atoms with E-state index in [-0.39, 0.29) is 24.3 Å². The Hall–Kier alpha value is -1.26. The van der Waals surface area contributed by atoms with Crippen LogP contribution in [-0.2, 0) is 9.59 Å². The van der Waals surface area contributed by atoms with Crippen molar-refractivity contribution < 1.29 is 9.59 Å². The second-order valence-electron chi connectivity index (χ2n) is 5.32. The number of nitrogens with one attached hydrogen (secondary N) is 1. The molecule has 1 aromatic rings. The number of imide groups is 1. The molecule has 20 heavy (non-hydrogen) atoms. The third-order valence-corrected chi connectivity index (χ3v) is 4.39. The number of carbonyl (C=O) groups is 2. The number of hydrogen-bond acceptors (Lipinski definition) is 3. The number of amides is 2. The molecule has 0 bridgehead atoms. The summed E-state index contributed by atoms with van der Waals surface area (Å²) in [6, 6.07) is 3.00. The van der Waals surface area contributed by atoms with Crippen LogP contribution in [0.15, 0.2) is 12.1 Å². The third-order valence-electron chi connectivity index (χ3n) is 3.67. The minimum atomic E-state index is -0.542. The van der Waals surface area contributed by atoms with Gasteiger partial charge in [-0.2, -0.15) is 0 Å². The van der Waals surface area contributed by atoms with Crippen molar-refractivity contribution in [3.8, 4) is 0 Å². The van der Waals surface area contributed by atoms with Gasteiger partial charge in [0.25, 0.3) is 5.91 Å². The second kappa shape index (κ2) is 4.93. The largest absolute Gasteiger partial charge is 0.372 e. The van der Waals surface area contributed by atoms with E-state index in [1.807, 2.05) is 6.92 Å². The van der Waals surface area contributed by atoms with Crippen molar-refractivity contribution in [2.75, 3.05) is 5.32 Å². The summed E-state index contributed by atoms with van der Waals surface area (Å²) in [5, 5.41) is 4.12. The van der Waals surface area contributed by atoms with Crippen molar-refractivity contribution in [2.24, 2.45) is 0 Å². The Morgan fingerprint density at radius 3 is 2.55 bits per heavy atom. The molecule has 1 saturated carbocycles. The van der Waals surface area contributed by atoms with Crippen LogP contribution in [0.5, 0.6) is 0 Å². The maximum absolute atomic E-state index is 12.2. The molecule has 0 spiro atoms. The summed E-state index contributed by atoms with van der Waals surface area (Å²) in [6.07, 6.45) is 2.01. The molecule has 1 saturated heterocycles. The summed E-state index contributed by atoms with van der Waals surface area (Å²) in [5.41, 5.74) is 1.46. The topological polar surface area (TPSA) is 49.4 Å². The highest BCUT2D eigenvalue weighted by atomic mass is 35.5. The number of likely N-dealkylation sites (tertiary alicyclic amines) is 1. The molecule has 0 aromatic heterocycles. The smallest absolute Gasteiger partial charge is 0.252 e. The first-order valence-corrected chi connectivity index (χ1v) is 7.31. The van der Waals surface area contributed by atoms with Crippen LogP contribution < -0.4 is 5.32 Å². The van der Waals surface area contributed by atoms with Crippen LogP contribution in [0.1, 0.15) is 24.8 Å². The average molecular weight is 313 g/mol. The Morgan fingerprint density at radius 2 is 1.90 bits per heavy atom. The Kier molecular flexibility index (Phi) is 3.38.